The molecule has 1 aliphatic heterocycles. The third kappa shape index (κ3) is 5.34. The molecule has 166 valence electrons. The number of aryl methyl sites for hydroxylation is 1. The van der Waals surface area contributed by atoms with Crippen LogP contribution in [0, 0.1) is 13.8 Å². The first kappa shape index (κ1) is 22.4. The first-order chi connectivity index (χ1) is 15.5. The molecule has 8 heteroatoms. The van der Waals surface area contributed by atoms with Crippen LogP contribution in [-0.2, 0) is 4.79 Å². The Morgan fingerprint density at radius 2 is 1.75 bits per heavy atom. The summed E-state index contributed by atoms with van der Waals surface area (Å²) in [5.41, 5.74) is 4.64. The number of aromatic nitrogens is 2. The zero-order valence-corrected chi connectivity index (χ0v) is 19.8. The largest absolute Gasteiger partial charge is 0.368 e. The van der Waals surface area contributed by atoms with Gasteiger partial charge in [0.05, 0.1) is 5.75 Å². The van der Waals surface area contributed by atoms with E-state index in [4.69, 9.17) is 11.6 Å². The summed E-state index contributed by atoms with van der Waals surface area (Å²) in [6.07, 6.45) is 3.38. The van der Waals surface area contributed by atoms with Crippen LogP contribution in [0.2, 0.25) is 5.02 Å². The summed E-state index contributed by atoms with van der Waals surface area (Å²) in [5, 5.41) is 4.23. The third-order valence-corrected chi connectivity index (χ3v) is 6.79. The summed E-state index contributed by atoms with van der Waals surface area (Å²) in [4.78, 5) is 26.2. The van der Waals surface area contributed by atoms with Crippen LogP contribution in [0.15, 0.2) is 59.9 Å². The second-order valence-electron chi connectivity index (χ2n) is 7.73. The zero-order valence-electron chi connectivity index (χ0n) is 18.2. The summed E-state index contributed by atoms with van der Waals surface area (Å²) >= 11 is 7.39. The van der Waals surface area contributed by atoms with Crippen LogP contribution in [0.1, 0.15) is 11.1 Å². The molecule has 1 aromatic heterocycles. The summed E-state index contributed by atoms with van der Waals surface area (Å²) in [7, 11) is 0. The Hall–Kier alpha value is -2.77. The maximum atomic E-state index is 12.4. The number of nitrogens with zero attached hydrogens (tertiary/aromatic N) is 4. The fourth-order valence-electron chi connectivity index (χ4n) is 3.77. The fourth-order valence-corrected chi connectivity index (χ4v) is 4.75. The molecule has 4 rings (SSSR count). The maximum Gasteiger partial charge on any atom is 0.234 e. The lowest BCUT2D eigenvalue weighted by molar-refractivity contribution is -0.113. The lowest BCUT2D eigenvalue weighted by atomic mass is 10.1. The van der Waals surface area contributed by atoms with Crippen LogP contribution in [0.4, 0.5) is 17.2 Å². The lowest BCUT2D eigenvalue weighted by Crippen LogP contribution is -2.47. The molecule has 1 amide bonds. The monoisotopic (exact) mass is 467 g/mol. The second-order valence-corrected chi connectivity index (χ2v) is 9.13. The lowest BCUT2D eigenvalue weighted by Gasteiger charge is -2.37. The van der Waals surface area contributed by atoms with Crippen LogP contribution >= 0.6 is 23.4 Å². The van der Waals surface area contributed by atoms with Crippen molar-refractivity contribution in [2.24, 2.45) is 0 Å². The van der Waals surface area contributed by atoms with Crippen LogP contribution in [0.5, 0.6) is 0 Å². The minimum absolute atomic E-state index is 0.103. The Balaban J connectivity index is 1.37. The van der Waals surface area contributed by atoms with E-state index < -0.39 is 0 Å². The number of nitrogens with one attached hydrogen (secondary N) is 1. The minimum atomic E-state index is -0.103. The summed E-state index contributed by atoms with van der Waals surface area (Å²) in [6.45, 7) is 7.88. The molecule has 2 aromatic carbocycles. The standard InChI is InChI=1S/C24H26ClN5OS/c1-17-5-3-8-21(18(17)2)29-11-13-30(14-12-29)23-24(27-10-9-26-23)32-16-22(31)28-20-7-4-6-19(25)15-20/h3-10,15H,11-14,16H2,1-2H3,(H,28,31). The number of carbonyl (C=O) groups excluding carboxylic acids is 1. The highest BCUT2D eigenvalue weighted by molar-refractivity contribution is 8.00. The van der Waals surface area contributed by atoms with E-state index in [0.29, 0.717) is 10.7 Å². The average Bonchev–Trinajstić information content (AvgIpc) is 2.80. The van der Waals surface area contributed by atoms with Gasteiger partial charge in [0.15, 0.2) is 5.82 Å². The molecule has 0 spiro atoms. The van der Waals surface area contributed by atoms with E-state index in [1.54, 1.807) is 24.5 Å². The number of benzene rings is 2. The summed E-state index contributed by atoms with van der Waals surface area (Å²) < 4.78 is 0. The molecule has 6 nitrogen and oxygen atoms in total. The number of rotatable bonds is 6. The Morgan fingerprint density at radius 3 is 2.53 bits per heavy atom. The van der Waals surface area contributed by atoms with E-state index >= 15 is 0 Å². The zero-order chi connectivity index (χ0) is 22.5. The first-order valence-electron chi connectivity index (χ1n) is 10.6. The molecule has 1 N–H and O–H groups in total. The van der Waals surface area contributed by atoms with Gasteiger partial charge in [0.2, 0.25) is 5.91 Å². The van der Waals surface area contributed by atoms with Gasteiger partial charge in [0.25, 0.3) is 0 Å². The van der Waals surface area contributed by atoms with Crippen molar-refractivity contribution in [1.82, 2.24) is 9.97 Å². The number of carbonyl (C=O) groups is 1. The average molecular weight is 468 g/mol. The third-order valence-electron chi connectivity index (χ3n) is 5.59. The first-order valence-corrected chi connectivity index (χ1v) is 11.9. The molecule has 1 saturated heterocycles. The number of thioether (sulfide) groups is 1. The fraction of sp³-hybridized carbons (Fsp3) is 0.292. The maximum absolute atomic E-state index is 12.4. The minimum Gasteiger partial charge on any atom is -0.368 e. The molecule has 3 aromatic rings. The number of halogens is 1. The van der Waals surface area contributed by atoms with Gasteiger partial charge in [-0.15, -0.1) is 0 Å². The highest BCUT2D eigenvalue weighted by Gasteiger charge is 2.22. The van der Waals surface area contributed by atoms with Gasteiger partial charge in [-0.3, -0.25) is 4.79 Å². The molecular formula is C24H26ClN5OS. The van der Waals surface area contributed by atoms with Crippen molar-refractivity contribution in [1.29, 1.82) is 0 Å². The van der Waals surface area contributed by atoms with Crippen molar-refractivity contribution in [2.75, 3.05) is 47.0 Å². The van der Waals surface area contributed by atoms with Crippen molar-refractivity contribution in [3.8, 4) is 0 Å². The molecule has 1 fully saturated rings. The van der Waals surface area contributed by atoms with E-state index in [9.17, 15) is 4.79 Å². The number of hydrogen-bond donors (Lipinski definition) is 1. The topological polar surface area (TPSA) is 61.4 Å². The van der Waals surface area contributed by atoms with E-state index in [-0.39, 0.29) is 11.7 Å². The van der Waals surface area contributed by atoms with Crippen LogP contribution in [0.25, 0.3) is 0 Å². The van der Waals surface area contributed by atoms with Crippen molar-refractivity contribution >= 4 is 46.5 Å². The highest BCUT2D eigenvalue weighted by atomic mass is 35.5. The van der Waals surface area contributed by atoms with Gasteiger partial charge in [-0.2, -0.15) is 0 Å². The summed E-state index contributed by atoms with van der Waals surface area (Å²) in [6, 6.07) is 13.6. The molecule has 32 heavy (non-hydrogen) atoms. The van der Waals surface area contributed by atoms with Gasteiger partial charge in [0.1, 0.15) is 5.03 Å². The molecule has 0 atom stereocenters. The van der Waals surface area contributed by atoms with Crippen LogP contribution in [0.3, 0.4) is 0 Å². The van der Waals surface area contributed by atoms with E-state index in [1.807, 2.05) is 12.1 Å². The Labute approximate surface area is 198 Å². The predicted molar refractivity (Wildman–Crippen MR) is 133 cm³/mol. The van der Waals surface area contributed by atoms with Gasteiger partial charge < -0.3 is 15.1 Å². The van der Waals surface area contributed by atoms with Gasteiger partial charge in [-0.25, -0.2) is 9.97 Å². The van der Waals surface area contributed by atoms with Gasteiger partial charge >= 0.3 is 0 Å². The Morgan fingerprint density at radius 1 is 1.03 bits per heavy atom. The van der Waals surface area contributed by atoms with Crippen molar-refractivity contribution in [2.45, 2.75) is 18.9 Å². The van der Waals surface area contributed by atoms with Gasteiger partial charge in [0, 0.05) is 55.0 Å². The molecule has 0 radical (unpaired) electrons. The van der Waals surface area contributed by atoms with E-state index in [0.717, 1.165) is 37.0 Å². The number of hydrogen-bond acceptors (Lipinski definition) is 6. The predicted octanol–water partition coefficient (Wildman–Crippen LogP) is 4.80. The Bertz CT molecular complexity index is 1100. The number of anilines is 3. The summed E-state index contributed by atoms with van der Waals surface area (Å²) in [5.74, 6) is 0.989. The van der Waals surface area contributed by atoms with Crippen molar-refractivity contribution in [3.05, 3.63) is 71.0 Å². The highest BCUT2D eigenvalue weighted by Crippen LogP contribution is 2.29. The molecule has 1 aliphatic rings. The number of amides is 1. The Kier molecular flexibility index (Phi) is 7.17. The smallest absolute Gasteiger partial charge is 0.234 e. The van der Waals surface area contributed by atoms with Crippen molar-refractivity contribution in [3.63, 3.8) is 0 Å². The van der Waals surface area contributed by atoms with E-state index in [2.05, 4.69) is 57.1 Å². The molecule has 0 saturated carbocycles. The molecule has 0 aliphatic carbocycles. The normalized spacial score (nSPS) is 13.8. The molecule has 0 bridgehead atoms. The molecule has 0 unspecified atom stereocenters. The van der Waals surface area contributed by atoms with E-state index in [1.165, 1.54) is 28.6 Å². The van der Waals surface area contributed by atoms with Crippen LogP contribution in [-0.4, -0.2) is 47.8 Å². The second kappa shape index (κ2) is 10.2. The van der Waals surface area contributed by atoms with Gasteiger partial charge in [-0.1, -0.05) is 41.6 Å². The molecular weight excluding hydrogens is 442 g/mol. The molecule has 2 heterocycles. The van der Waals surface area contributed by atoms with Crippen molar-refractivity contribution < 1.29 is 4.79 Å². The SMILES string of the molecule is Cc1cccc(N2CCN(c3nccnc3SCC(=O)Nc3cccc(Cl)c3)CC2)c1C. The van der Waals surface area contributed by atoms with Gasteiger partial charge in [-0.05, 0) is 49.2 Å². The quantitative estimate of drug-likeness (QED) is 0.525. The van der Waals surface area contributed by atoms with Crippen LogP contribution < -0.4 is 15.1 Å². The number of piperazine rings is 1.